The van der Waals surface area contributed by atoms with Crippen LogP contribution in [-0.2, 0) is 4.79 Å². The predicted octanol–water partition coefficient (Wildman–Crippen LogP) is 9.00. The molecule has 5 aliphatic rings. The van der Waals surface area contributed by atoms with Crippen LogP contribution in [0.1, 0.15) is 105 Å². The minimum Gasteiger partial charge on any atom is -0.481 e. The molecule has 9 atom stereocenters. The summed E-state index contributed by atoms with van der Waals surface area (Å²) in [6, 6.07) is 8.41. The normalized spacial score (nSPS) is 46.2. The molecule has 6 rings (SSSR count). The van der Waals surface area contributed by atoms with E-state index in [0.717, 1.165) is 37.8 Å². The van der Waals surface area contributed by atoms with E-state index in [-0.39, 0.29) is 27.6 Å². The maximum atomic E-state index is 12.9. The fourth-order valence-electron chi connectivity index (χ4n) is 12.3. The van der Waals surface area contributed by atoms with Gasteiger partial charge in [0.2, 0.25) is 0 Å². The summed E-state index contributed by atoms with van der Waals surface area (Å²) in [6.45, 7) is 19.3. The number of carboxylic acid groups (broad SMARTS) is 1. The van der Waals surface area contributed by atoms with Crippen molar-refractivity contribution < 1.29 is 9.90 Å². The first kappa shape index (κ1) is 27.2. The van der Waals surface area contributed by atoms with Crippen molar-refractivity contribution in [2.45, 2.75) is 99.3 Å². The van der Waals surface area contributed by atoms with Gasteiger partial charge in [-0.1, -0.05) is 71.0 Å². The van der Waals surface area contributed by atoms with Gasteiger partial charge in [-0.3, -0.25) is 4.79 Å². The van der Waals surface area contributed by atoms with E-state index in [9.17, 15) is 9.90 Å². The van der Waals surface area contributed by atoms with Crippen molar-refractivity contribution in [3.63, 3.8) is 0 Å². The van der Waals surface area contributed by atoms with Crippen LogP contribution < -0.4 is 5.73 Å². The molecule has 1 aromatic rings. The SMILES string of the molecule is C=C(C)[C@@H]1CC[C@]2(C(=O)O)CC[C@]3(C)[C@H](CC[C@@H]4[C@@]5(C)CC=C(c6ccccc6N)C(C)(C)[C@@H]5CC[C@]43C)[C@@H]12. The van der Waals surface area contributed by atoms with Crippen LogP contribution in [0.2, 0.25) is 0 Å². The molecule has 3 N–H and O–H groups in total. The highest BCUT2D eigenvalue weighted by Crippen LogP contribution is 2.77. The Bertz CT molecular complexity index is 1240. The molecule has 0 spiro atoms. The van der Waals surface area contributed by atoms with E-state index in [1.165, 1.54) is 42.4 Å². The quantitative estimate of drug-likeness (QED) is 0.303. The molecule has 3 nitrogen and oxygen atoms in total. The van der Waals surface area contributed by atoms with Crippen molar-refractivity contribution in [2.24, 2.45) is 56.7 Å². The number of hydrogen-bond donors (Lipinski definition) is 2. The molecule has 212 valence electrons. The summed E-state index contributed by atoms with van der Waals surface area (Å²) in [5, 5.41) is 10.6. The van der Waals surface area contributed by atoms with E-state index in [2.05, 4.69) is 66.3 Å². The zero-order valence-electron chi connectivity index (χ0n) is 25.3. The summed E-state index contributed by atoms with van der Waals surface area (Å²) in [7, 11) is 0. The summed E-state index contributed by atoms with van der Waals surface area (Å²) in [5.41, 5.74) is 11.4. The topological polar surface area (TPSA) is 63.3 Å². The fraction of sp³-hybridized carbons (Fsp3) is 0.694. The second-order valence-corrected chi connectivity index (χ2v) is 15.8. The third kappa shape index (κ3) is 3.31. The Morgan fingerprint density at radius 1 is 0.923 bits per heavy atom. The lowest BCUT2D eigenvalue weighted by Crippen LogP contribution is -2.65. The van der Waals surface area contributed by atoms with Crippen LogP contribution >= 0.6 is 0 Å². The number of carboxylic acids is 1. The van der Waals surface area contributed by atoms with Gasteiger partial charge in [-0.25, -0.2) is 0 Å². The molecule has 0 unspecified atom stereocenters. The molecule has 0 saturated heterocycles. The fourth-order valence-corrected chi connectivity index (χ4v) is 12.3. The van der Waals surface area contributed by atoms with Gasteiger partial charge in [0.15, 0.2) is 0 Å². The standard InChI is InChI=1S/C36H51NO2/c1-22(2)23-14-19-36(31(38)39)21-20-34(6)26(30(23)36)12-13-29-33(5)17-15-25(24-10-8-9-11-27(24)37)32(3,4)28(33)16-18-35(29,34)7/h8-11,15,23,26,28-30H,1,12-14,16-21,37H2,2-7H3,(H,38,39)/t23-,26+,28-,29+,30+,33-,34+,35+,36-/m0/s1. The maximum absolute atomic E-state index is 12.9. The Balaban J connectivity index is 1.40. The summed E-state index contributed by atoms with van der Waals surface area (Å²) < 4.78 is 0. The zero-order valence-corrected chi connectivity index (χ0v) is 25.3. The van der Waals surface area contributed by atoms with Gasteiger partial charge in [-0.2, -0.15) is 0 Å². The Hall–Kier alpha value is -2.03. The number of allylic oxidation sites excluding steroid dienone is 3. The van der Waals surface area contributed by atoms with Crippen LogP contribution in [0, 0.1) is 56.7 Å². The minimum absolute atomic E-state index is 0.0586. The molecule has 0 aliphatic heterocycles. The van der Waals surface area contributed by atoms with E-state index in [1.54, 1.807) is 0 Å². The average Bonchev–Trinajstić information content (AvgIpc) is 3.26. The van der Waals surface area contributed by atoms with Crippen LogP contribution in [0.5, 0.6) is 0 Å². The molecule has 3 heteroatoms. The molecule has 0 amide bonds. The minimum atomic E-state index is -0.543. The van der Waals surface area contributed by atoms with E-state index < -0.39 is 11.4 Å². The Morgan fingerprint density at radius 2 is 1.64 bits per heavy atom. The molecule has 4 saturated carbocycles. The number of aliphatic carboxylic acids is 1. The predicted molar refractivity (Wildman–Crippen MR) is 161 cm³/mol. The smallest absolute Gasteiger partial charge is 0.309 e. The van der Waals surface area contributed by atoms with Crippen molar-refractivity contribution in [1.82, 2.24) is 0 Å². The molecule has 5 aliphatic carbocycles. The number of nitrogens with two attached hydrogens (primary N) is 1. The first-order valence-corrected chi connectivity index (χ1v) is 15.7. The van der Waals surface area contributed by atoms with Crippen LogP contribution in [0.25, 0.3) is 5.57 Å². The van der Waals surface area contributed by atoms with Gasteiger partial charge < -0.3 is 10.8 Å². The third-order valence-corrected chi connectivity index (χ3v) is 14.3. The lowest BCUT2D eigenvalue weighted by atomic mass is 9.32. The van der Waals surface area contributed by atoms with Gasteiger partial charge in [0, 0.05) is 11.3 Å². The Labute approximate surface area is 236 Å². The molecule has 0 heterocycles. The number of rotatable bonds is 3. The van der Waals surface area contributed by atoms with Crippen molar-refractivity contribution in [1.29, 1.82) is 0 Å². The van der Waals surface area contributed by atoms with Crippen molar-refractivity contribution in [3.05, 3.63) is 48.1 Å². The monoisotopic (exact) mass is 529 g/mol. The van der Waals surface area contributed by atoms with Crippen molar-refractivity contribution in [3.8, 4) is 0 Å². The number of benzene rings is 1. The van der Waals surface area contributed by atoms with Crippen molar-refractivity contribution >= 4 is 17.2 Å². The van der Waals surface area contributed by atoms with Gasteiger partial charge >= 0.3 is 5.97 Å². The van der Waals surface area contributed by atoms with Gasteiger partial charge in [0.05, 0.1) is 5.41 Å². The largest absolute Gasteiger partial charge is 0.481 e. The molecule has 0 radical (unpaired) electrons. The van der Waals surface area contributed by atoms with Crippen molar-refractivity contribution in [2.75, 3.05) is 5.73 Å². The number of carbonyl (C=O) groups is 1. The zero-order chi connectivity index (χ0) is 28.2. The molecular weight excluding hydrogens is 478 g/mol. The molecule has 39 heavy (non-hydrogen) atoms. The van der Waals surface area contributed by atoms with Crippen LogP contribution in [0.15, 0.2) is 42.5 Å². The first-order valence-electron chi connectivity index (χ1n) is 15.7. The van der Waals surface area contributed by atoms with Crippen LogP contribution in [0.4, 0.5) is 5.69 Å². The van der Waals surface area contributed by atoms with E-state index in [4.69, 9.17) is 5.73 Å². The van der Waals surface area contributed by atoms with Gasteiger partial charge in [-0.15, -0.1) is 0 Å². The number of nitrogen functional groups attached to an aromatic ring is 1. The number of anilines is 1. The average molecular weight is 530 g/mol. The lowest BCUT2D eigenvalue weighted by molar-refractivity contribution is -0.227. The summed E-state index contributed by atoms with van der Waals surface area (Å²) in [6.07, 6.45) is 12.3. The van der Waals surface area contributed by atoms with Gasteiger partial charge in [0.1, 0.15) is 0 Å². The Morgan fingerprint density at radius 3 is 2.31 bits per heavy atom. The second-order valence-electron chi connectivity index (χ2n) is 15.8. The van der Waals surface area contributed by atoms with Gasteiger partial charge in [0.25, 0.3) is 0 Å². The second kappa shape index (κ2) is 8.49. The molecular formula is C36H51NO2. The lowest BCUT2D eigenvalue weighted by Gasteiger charge is -2.72. The highest BCUT2D eigenvalue weighted by molar-refractivity contribution is 5.79. The number of fused-ring (bicyclic) bond motifs is 7. The van der Waals surface area contributed by atoms with E-state index >= 15 is 0 Å². The van der Waals surface area contributed by atoms with Gasteiger partial charge in [-0.05, 0) is 128 Å². The molecule has 1 aromatic carbocycles. The number of hydrogen-bond acceptors (Lipinski definition) is 2. The third-order valence-electron chi connectivity index (χ3n) is 14.3. The molecule has 4 fully saturated rings. The number of para-hydroxylation sites is 1. The van der Waals surface area contributed by atoms with Crippen LogP contribution in [-0.4, -0.2) is 11.1 Å². The summed E-state index contributed by atoms with van der Waals surface area (Å²) in [5.74, 6) is 1.79. The highest BCUT2D eigenvalue weighted by atomic mass is 16.4. The van der Waals surface area contributed by atoms with Crippen LogP contribution in [0.3, 0.4) is 0 Å². The Kier molecular flexibility index (Phi) is 5.91. The molecule has 0 aromatic heterocycles. The van der Waals surface area contributed by atoms with E-state index in [1.807, 2.05) is 12.1 Å². The molecule has 0 bridgehead atoms. The summed E-state index contributed by atoms with van der Waals surface area (Å²) in [4.78, 5) is 12.9. The highest BCUT2D eigenvalue weighted by Gasteiger charge is 2.71. The maximum Gasteiger partial charge on any atom is 0.309 e. The summed E-state index contributed by atoms with van der Waals surface area (Å²) >= 11 is 0. The van der Waals surface area contributed by atoms with E-state index in [0.29, 0.717) is 23.7 Å². The first-order chi connectivity index (χ1) is 18.2.